The van der Waals surface area contributed by atoms with Gasteiger partial charge in [0.1, 0.15) is 12.3 Å². The van der Waals surface area contributed by atoms with Crippen molar-refractivity contribution in [3.8, 4) is 28.6 Å². The monoisotopic (exact) mass is 471 g/mol. The number of hydrogen-bond donors (Lipinski definition) is 1. The number of aromatic hydroxyl groups is 1. The second-order valence-corrected chi connectivity index (χ2v) is 7.23. The van der Waals surface area contributed by atoms with Crippen LogP contribution >= 0.6 is 0 Å². The van der Waals surface area contributed by atoms with Crippen molar-refractivity contribution in [3.63, 3.8) is 0 Å². The van der Waals surface area contributed by atoms with Crippen LogP contribution in [-0.2, 0) is 6.54 Å². The minimum atomic E-state index is -4.50. The van der Waals surface area contributed by atoms with E-state index in [9.17, 15) is 31.4 Å². The molecule has 0 radical (unpaired) electrons. The van der Waals surface area contributed by atoms with Gasteiger partial charge in [0.15, 0.2) is 6.61 Å². The van der Waals surface area contributed by atoms with Gasteiger partial charge in [0.05, 0.1) is 34.7 Å². The van der Waals surface area contributed by atoms with Crippen LogP contribution in [0.15, 0.2) is 43.1 Å². The number of nitrogens with zero attached hydrogens (tertiary/aromatic N) is 5. The molecular formula is C20H15F6N5O2. The SMILES string of the molecule is Cc1cc(-c2cncc(OCC(F)(F)F)c2)nc2cn(-c3cnn(CC(F)(F)F)c3)c(O)c12. The number of ether oxygens (including phenoxy) is 1. The average molecular weight is 471 g/mol. The van der Waals surface area contributed by atoms with Crippen LogP contribution < -0.4 is 4.74 Å². The highest BCUT2D eigenvalue weighted by Crippen LogP contribution is 2.34. The van der Waals surface area contributed by atoms with Gasteiger partial charge in [-0.3, -0.25) is 14.2 Å². The van der Waals surface area contributed by atoms with Gasteiger partial charge in [-0.05, 0) is 24.6 Å². The van der Waals surface area contributed by atoms with Gasteiger partial charge in [0.25, 0.3) is 0 Å². The van der Waals surface area contributed by atoms with Crippen molar-refractivity contribution in [2.24, 2.45) is 0 Å². The molecular weight excluding hydrogens is 456 g/mol. The quantitative estimate of drug-likeness (QED) is 0.423. The van der Waals surface area contributed by atoms with E-state index in [2.05, 4.69) is 15.1 Å². The van der Waals surface area contributed by atoms with Crippen molar-refractivity contribution >= 4 is 10.9 Å². The molecule has 4 aromatic heterocycles. The molecule has 13 heteroatoms. The molecule has 0 aliphatic rings. The number of aromatic nitrogens is 5. The van der Waals surface area contributed by atoms with Crippen molar-refractivity contribution < 1.29 is 36.2 Å². The lowest BCUT2D eigenvalue weighted by Crippen LogP contribution is -2.19. The van der Waals surface area contributed by atoms with Gasteiger partial charge in [0.2, 0.25) is 5.88 Å². The lowest BCUT2D eigenvalue weighted by Gasteiger charge is -2.10. The van der Waals surface area contributed by atoms with Crippen molar-refractivity contribution in [3.05, 3.63) is 48.7 Å². The fourth-order valence-corrected chi connectivity index (χ4v) is 3.28. The normalized spacial score (nSPS) is 12.5. The molecule has 4 heterocycles. The van der Waals surface area contributed by atoms with Crippen LogP contribution in [-0.4, -0.2) is 48.4 Å². The first-order valence-electron chi connectivity index (χ1n) is 9.36. The highest BCUT2D eigenvalue weighted by atomic mass is 19.4. The van der Waals surface area contributed by atoms with E-state index in [1.807, 2.05) is 0 Å². The van der Waals surface area contributed by atoms with Crippen LogP contribution in [0.1, 0.15) is 5.56 Å². The predicted molar refractivity (Wildman–Crippen MR) is 104 cm³/mol. The van der Waals surface area contributed by atoms with E-state index in [1.165, 1.54) is 29.2 Å². The Labute approximate surface area is 181 Å². The molecule has 0 aromatic carbocycles. The summed E-state index contributed by atoms with van der Waals surface area (Å²) in [5.41, 5.74) is 1.82. The number of hydrogen-bond acceptors (Lipinski definition) is 5. The van der Waals surface area contributed by atoms with E-state index < -0.39 is 25.5 Å². The number of halogens is 6. The molecule has 33 heavy (non-hydrogen) atoms. The Morgan fingerprint density at radius 3 is 2.45 bits per heavy atom. The molecule has 0 spiro atoms. The highest BCUT2D eigenvalue weighted by molar-refractivity contribution is 5.90. The summed E-state index contributed by atoms with van der Waals surface area (Å²) in [5.74, 6) is -0.338. The van der Waals surface area contributed by atoms with E-state index in [0.29, 0.717) is 32.4 Å². The summed E-state index contributed by atoms with van der Waals surface area (Å²) in [6, 6.07) is 2.95. The maximum Gasteiger partial charge on any atom is 0.422 e. The van der Waals surface area contributed by atoms with Crippen LogP contribution in [0.5, 0.6) is 11.6 Å². The summed E-state index contributed by atoms with van der Waals surface area (Å²) in [7, 11) is 0. The van der Waals surface area contributed by atoms with Gasteiger partial charge >= 0.3 is 12.4 Å². The molecule has 0 amide bonds. The van der Waals surface area contributed by atoms with Crippen molar-refractivity contribution in [2.75, 3.05) is 6.61 Å². The van der Waals surface area contributed by atoms with Gasteiger partial charge in [-0.25, -0.2) is 4.98 Å². The Morgan fingerprint density at radius 2 is 1.76 bits per heavy atom. The average Bonchev–Trinajstić information content (AvgIpc) is 3.29. The van der Waals surface area contributed by atoms with E-state index in [4.69, 9.17) is 4.74 Å². The Hall–Kier alpha value is -3.77. The molecule has 0 bridgehead atoms. The molecule has 0 unspecified atom stereocenters. The van der Waals surface area contributed by atoms with Crippen molar-refractivity contribution in [1.82, 2.24) is 24.3 Å². The van der Waals surface area contributed by atoms with Crippen LogP contribution in [0.4, 0.5) is 26.3 Å². The molecule has 0 aliphatic heterocycles. The Morgan fingerprint density at radius 1 is 1.00 bits per heavy atom. The number of pyridine rings is 2. The summed E-state index contributed by atoms with van der Waals surface area (Å²) >= 11 is 0. The molecule has 0 saturated carbocycles. The molecule has 1 N–H and O–H groups in total. The first-order chi connectivity index (χ1) is 15.4. The van der Waals surface area contributed by atoms with Crippen LogP contribution in [0.25, 0.3) is 27.8 Å². The Bertz CT molecular complexity index is 1310. The summed E-state index contributed by atoms with van der Waals surface area (Å²) < 4.78 is 81.7. The summed E-state index contributed by atoms with van der Waals surface area (Å²) in [4.78, 5) is 8.31. The molecule has 0 fully saturated rings. The summed E-state index contributed by atoms with van der Waals surface area (Å²) in [6.07, 6.45) is -2.69. The van der Waals surface area contributed by atoms with E-state index in [0.717, 1.165) is 12.4 Å². The molecule has 7 nitrogen and oxygen atoms in total. The van der Waals surface area contributed by atoms with Crippen LogP contribution in [0.3, 0.4) is 0 Å². The first kappa shape index (κ1) is 22.4. The van der Waals surface area contributed by atoms with E-state index >= 15 is 0 Å². The molecule has 0 aliphatic carbocycles. The van der Waals surface area contributed by atoms with E-state index in [-0.39, 0.29) is 17.3 Å². The van der Waals surface area contributed by atoms with Crippen molar-refractivity contribution in [2.45, 2.75) is 25.8 Å². The number of rotatable bonds is 5. The third-order valence-electron chi connectivity index (χ3n) is 4.60. The fourth-order valence-electron chi connectivity index (χ4n) is 3.28. The number of alkyl halides is 6. The second kappa shape index (κ2) is 7.98. The zero-order chi connectivity index (χ0) is 24.0. The highest BCUT2D eigenvalue weighted by Gasteiger charge is 2.29. The zero-order valence-electron chi connectivity index (χ0n) is 16.8. The minimum Gasteiger partial charge on any atom is -0.494 e. The van der Waals surface area contributed by atoms with Gasteiger partial charge in [-0.15, -0.1) is 0 Å². The van der Waals surface area contributed by atoms with Crippen LogP contribution in [0.2, 0.25) is 0 Å². The Balaban J connectivity index is 1.69. The lowest BCUT2D eigenvalue weighted by atomic mass is 10.1. The van der Waals surface area contributed by atoms with E-state index in [1.54, 1.807) is 13.0 Å². The summed E-state index contributed by atoms with van der Waals surface area (Å²) in [6.45, 7) is -1.07. The molecule has 174 valence electrons. The topological polar surface area (TPSA) is 78.0 Å². The third kappa shape index (κ3) is 5.02. The number of fused-ring (bicyclic) bond motifs is 1. The zero-order valence-corrected chi connectivity index (χ0v) is 16.8. The molecule has 4 rings (SSSR count). The van der Waals surface area contributed by atoms with Gasteiger partial charge in [0, 0.05) is 24.2 Å². The lowest BCUT2D eigenvalue weighted by molar-refractivity contribution is -0.153. The van der Waals surface area contributed by atoms with Crippen molar-refractivity contribution in [1.29, 1.82) is 0 Å². The molecule has 0 saturated heterocycles. The predicted octanol–water partition coefficient (Wildman–Crippen LogP) is 4.80. The maximum absolute atomic E-state index is 12.6. The maximum atomic E-state index is 12.6. The van der Waals surface area contributed by atoms with Gasteiger partial charge < -0.3 is 9.84 Å². The fraction of sp³-hybridized carbons (Fsp3) is 0.250. The molecule has 4 aromatic rings. The summed E-state index contributed by atoms with van der Waals surface area (Å²) in [5, 5.41) is 14.7. The first-order valence-corrected chi connectivity index (χ1v) is 9.36. The smallest absolute Gasteiger partial charge is 0.422 e. The van der Waals surface area contributed by atoms with Gasteiger partial charge in [-0.1, -0.05) is 0 Å². The number of aryl methyl sites for hydroxylation is 1. The molecule has 0 atom stereocenters. The standard InChI is InChI=1S/C20H15F6N5O2/c1-11-2-15(12-3-14(6-27-4-12)33-10-20(24,25)26)29-16-8-31(18(32)17(11)16)13-5-28-30(7-13)9-19(21,22)23/h2-8,32H,9-10H2,1H3. The second-order valence-electron chi connectivity index (χ2n) is 7.23. The van der Waals surface area contributed by atoms with Gasteiger partial charge in [-0.2, -0.15) is 31.4 Å². The third-order valence-corrected chi connectivity index (χ3v) is 4.60. The van der Waals surface area contributed by atoms with Crippen LogP contribution in [0, 0.1) is 6.92 Å². The minimum absolute atomic E-state index is 0.0955. The Kier molecular flexibility index (Phi) is 5.42. The largest absolute Gasteiger partial charge is 0.494 e.